The monoisotopic (exact) mass is 241 g/mol. The minimum Gasteiger partial charge on any atom is -0.381 e. The third kappa shape index (κ3) is 3.21. The Morgan fingerprint density at radius 1 is 1.24 bits per heavy atom. The molecule has 0 amide bonds. The molecule has 17 heavy (non-hydrogen) atoms. The predicted molar refractivity (Wildman–Crippen MR) is 69.0 cm³/mol. The van der Waals surface area contributed by atoms with Gasteiger partial charge in [-0.3, -0.25) is 0 Å². The van der Waals surface area contributed by atoms with Gasteiger partial charge in [0.05, 0.1) is 5.60 Å². The van der Waals surface area contributed by atoms with Gasteiger partial charge in [0, 0.05) is 26.4 Å². The lowest BCUT2D eigenvalue weighted by molar-refractivity contribution is -0.0665. The zero-order valence-electron chi connectivity index (χ0n) is 11.1. The summed E-state index contributed by atoms with van der Waals surface area (Å²) in [5.74, 6) is 0.743. The van der Waals surface area contributed by atoms with Gasteiger partial charge >= 0.3 is 0 Å². The first kappa shape index (κ1) is 13.3. The maximum absolute atomic E-state index is 6.46. The molecule has 0 bridgehead atoms. The van der Waals surface area contributed by atoms with E-state index in [1.54, 1.807) is 0 Å². The fourth-order valence-electron chi connectivity index (χ4n) is 3.43. The Morgan fingerprint density at radius 3 is 2.47 bits per heavy atom. The Kier molecular flexibility index (Phi) is 4.83. The molecule has 0 aromatic rings. The van der Waals surface area contributed by atoms with Gasteiger partial charge in [-0.05, 0) is 38.0 Å². The van der Waals surface area contributed by atoms with Crippen LogP contribution in [0.5, 0.6) is 0 Å². The van der Waals surface area contributed by atoms with E-state index in [2.05, 4.69) is 0 Å². The van der Waals surface area contributed by atoms with Crippen LogP contribution in [0.2, 0.25) is 0 Å². The first-order chi connectivity index (χ1) is 8.27. The van der Waals surface area contributed by atoms with E-state index >= 15 is 0 Å². The van der Waals surface area contributed by atoms with Gasteiger partial charge in [0.15, 0.2) is 0 Å². The lowest BCUT2D eigenvalue weighted by Crippen LogP contribution is -2.51. The van der Waals surface area contributed by atoms with Gasteiger partial charge in [0.25, 0.3) is 0 Å². The molecule has 2 rings (SSSR count). The maximum atomic E-state index is 6.46. The Morgan fingerprint density at radius 2 is 1.88 bits per heavy atom. The number of methoxy groups -OCH3 is 1. The van der Waals surface area contributed by atoms with E-state index in [0.29, 0.717) is 0 Å². The van der Waals surface area contributed by atoms with Crippen molar-refractivity contribution in [2.75, 3.05) is 20.3 Å². The van der Waals surface area contributed by atoms with E-state index in [-0.39, 0.29) is 11.6 Å². The fraction of sp³-hybridized carbons (Fsp3) is 1.00. The average molecular weight is 241 g/mol. The van der Waals surface area contributed by atoms with E-state index in [9.17, 15) is 0 Å². The molecule has 1 heterocycles. The Hall–Kier alpha value is -0.120. The van der Waals surface area contributed by atoms with Crippen molar-refractivity contribution in [1.29, 1.82) is 0 Å². The number of ether oxygens (including phenoxy) is 2. The van der Waals surface area contributed by atoms with Gasteiger partial charge in [-0.2, -0.15) is 0 Å². The molecule has 0 radical (unpaired) electrons. The van der Waals surface area contributed by atoms with Crippen molar-refractivity contribution in [1.82, 2.24) is 0 Å². The largest absolute Gasteiger partial charge is 0.381 e. The number of hydrogen-bond donors (Lipinski definition) is 1. The smallest absolute Gasteiger partial charge is 0.0828 e. The van der Waals surface area contributed by atoms with Gasteiger partial charge < -0.3 is 15.2 Å². The number of rotatable bonds is 4. The standard InChI is InChI=1S/C14H27NO2/c1-16-14(7-3-2-4-8-14)13(15)11-12-5-9-17-10-6-12/h12-13H,2-11,15H2,1H3. The topological polar surface area (TPSA) is 44.5 Å². The Balaban J connectivity index is 1.89. The third-order valence-electron chi connectivity index (χ3n) is 4.71. The number of nitrogens with two attached hydrogens (primary N) is 1. The molecular formula is C14H27NO2. The van der Waals surface area contributed by atoms with E-state index < -0.39 is 0 Å². The summed E-state index contributed by atoms with van der Waals surface area (Å²) >= 11 is 0. The van der Waals surface area contributed by atoms with Crippen molar-refractivity contribution in [2.24, 2.45) is 11.7 Å². The van der Waals surface area contributed by atoms with Crippen LogP contribution in [0.25, 0.3) is 0 Å². The molecule has 3 nitrogen and oxygen atoms in total. The molecule has 2 fully saturated rings. The quantitative estimate of drug-likeness (QED) is 0.822. The molecule has 1 aliphatic carbocycles. The summed E-state index contributed by atoms with van der Waals surface area (Å²) < 4.78 is 11.2. The molecule has 0 aromatic carbocycles. The Labute approximate surface area is 105 Å². The lowest BCUT2D eigenvalue weighted by Gasteiger charge is -2.42. The van der Waals surface area contributed by atoms with Crippen LogP contribution in [0.3, 0.4) is 0 Å². The molecule has 1 atom stereocenters. The average Bonchev–Trinajstić information content (AvgIpc) is 2.40. The van der Waals surface area contributed by atoms with Crippen LogP contribution >= 0.6 is 0 Å². The van der Waals surface area contributed by atoms with Crippen LogP contribution in [-0.4, -0.2) is 32.0 Å². The summed E-state index contributed by atoms with van der Waals surface area (Å²) in [5, 5.41) is 0. The normalized spacial score (nSPS) is 27.9. The van der Waals surface area contributed by atoms with E-state index in [4.69, 9.17) is 15.2 Å². The van der Waals surface area contributed by atoms with E-state index in [1.165, 1.54) is 32.1 Å². The molecule has 0 spiro atoms. The van der Waals surface area contributed by atoms with E-state index in [1.807, 2.05) is 7.11 Å². The van der Waals surface area contributed by atoms with Gasteiger partial charge in [-0.1, -0.05) is 19.3 Å². The summed E-state index contributed by atoms with van der Waals surface area (Å²) in [6.07, 6.45) is 9.64. The summed E-state index contributed by atoms with van der Waals surface area (Å²) in [5.41, 5.74) is 6.43. The fourth-order valence-corrected chi connectivity index (χ4v) is 3.43. The zero-order chi connectivity index (χ0) is 12.1. The minimum atomic E-state index is -0.0312. The summed E-state index contributed by atoms with van der Waals surface area (Å²) in [7, 11) is 1.84. The van der Waals surface area contributed by atoms with Crippen molar-refractivity contribution in [3.8, 4) is 0 Å². The zero-order valence-corrected chi connectivity index (χ0v) is 11.1. The van der Waals surface area contributed by atoms with E-state index in [0.717, 1.165) is 38.4 Å². The second kappa shape index (κ2) is 6.17. The van der Waals surface area contributed by atoms with Crippen LogP contribution in [-0.2, 0) is 9.47 Å². The summed E-state index contributed by atoms with van der Waals surface area (Å²) in [6.45, 7) is 1.83. The van der Waals surface area contributed by atoms with Gasteiger partial charge in [0.2, 0.25) is 0 Å². The lowest BCUT2D eigenvalue weighted by atomic mass is 9.75. The second-order valence-electron chi connectivity index (χ2n) is 5.73. The molecule has 1 aliphatic heterocycles. The molecule has 1 unspecified atom stereocenters. The van der Waals surface area contributed by atoms with Crippen LogP contribution in [0.4, 0.5) is 0 Å². The van der Waals surface area contributed by atoms with Gasteiger partial charge in [-0.15, -0.1) is 0 Å². The molecular weight excluding hydrogens is 214 g/mol. The van der Waals surface area contributed by atoms with Crippen LogP contribution in [0.1, 0.15) is 51.4 Å². The van der Waals surface area contributed by atoms with Crippen LogP contribution < -0.4 is 5.73 Å². The second-order valence-corrected chi connectivity index (χ2v) is 5.73. The summed E-state index contributed by atoms with van der Waals surface area (Å²) in [4.78, 5) is 0. The Bertz CT molecular complexity index is 220. The molecule has 0 aromatic heterocycles. The van der Waals surface area contributed by atoms with Gasteiger partial charge in [-0.25, -0.2) is 0 Å². The molecule has 100 valence electrons. The highest BCUT2D eigenvalue weighted by atomic mass is 16.5. The molecule has 2 N–H and O–H groups in total. The van der Waals surface area contributed by atoms with Gasteiger partial charge in [0.1, 0.15) is 0 Å². The predicted octanol–water partition coefficient (Wildman–Crippen LogP) is 2.48. The molecule has 3 heteroatoms. The molecule has 1 saturated carbocycles. The first-order valence-electron chi connectivity index (χ1n) is 7.15. The highest BCUT2D eigenvalue weighted by Crippen LogP contribution is 2.36. The van der Waals surface area contributed by atoms with Crippen molar-refractivity contribution in [3.05, 3.63) is 0 Å². The highest BCUT2D eigenvalue weighted by Gasteiger charge is 2.38. The molecule has 1 saturated heterocycles. The molecule has 2 aliphatic rings. The van der Waals surface area contributed by atoms with Crippen molar-refractivity contribution in [3.63, 3.8) is 0 Å². The SMILES string of the molecule is COC1(C(N)CC2CCOCC2)CCCCC1. The minimum absolute atomic E-state index is 0.0312. The first-order valence-corrected chi connectivity index (χ1v) is 7.15. The third-order valence-corrected chi connectivity index (χ3v) is 4.71. The maximum Gasteiger partial charge on any atom is 0.0828 e. The van der Waals surface area contributed by atoms with Crippen LogP contribution in [0, 0.1) is 5.92 Å². The van der Waals surface area contributed by atoms with Crippen molar-refractivity contribution < 1.29 is 9.47 Å². The van der Waals surface area contributed by atoms with Crippen molar-refractivity contribution >= 4 is 0 Å². The highest BCUT2D eigenvalue weighted by molar-refractivity contribution is 4.94. The number of hydrogen-bond acceptors (Lipinski definition) is 3. The van der Waals surface area contributed by atoms with Crippen LogP contribution in [0.15, 0.2) is 0 Å². The summed E-state index contributed by atoms with van der Waals surface area (Å²) in [6, 6.07) is 0.205. The van der Waals surface area contributed by atoms with Crippen molar-refractivity contribution in [2.45, 2.75) is 63.0 Å².